The molecule has 1 saturated carbocycles. The highest BCUT2D eigenvalue weighted by Gasteiger charge is 2.32. The van der Waals surface area contributed by atoms with Crippen LogP contribution in [0.3, 0.4) is 0 Å². The van der Waals surface area contributed by atoms with E-state index in [1.54, 1.807) is 0 Å². The van der Waals surface area contributed by atoms with Gasteiger partial charge in [0.1, 0.15) is 5.78 Å². The van der Waals surface area contributed by atoms with Crippen LogP contribution in [-0.4, -0.2) is 33.9 Å². The molecule has 0 saturated heterocycles. The predicted octanol–water partition coefficient (Wildman–Crippen LogP) is 3.68. The van der Waals surface area contributed by atoms with Crippen LogP contribution in [0.2, 0.25) is 0 Å². The zero-order chi connectivity index (χ0) is 18.7. The third kappa shape index (κ3) is 7.95. The van der Waals surface area contributed by atoms with E-state index in [1.165, 1.54) is 25.7 Å². The molecule has 0 aliphatic heterocycles. The molecule has 0 amide bonds. The number of rotatable bonds is 13. The third-order valence-electron chi connectivity index (χ3n) is 4.99. The first kappa shape index (κ1) is 21.6. The highest BCUT2D eigenvalue weighted by molar-refractivity contribution is 6.00. The summed E-state index contributed by atoms with van der Waals surface area (Å²) in [6, 6.07) is 0. The molecule has 25 heavy (non-hydrogen) atoms. The Hall–Kier alpha value is -1.49. The molecule has 142 valence electrons. The van der Waals surface area contributed by atoms with E-state index in [1.807, 2.05) is 0 Å². The first-order valence-corrected chi connectivity index (χ1v) is 9.60. The maximum Gasteiger partial charge on any atom is 0.340 e. The quantitative estimate of drug-likeness (QED) is 0.300. The Bertz CT molecular complexity index is 469. The van der Waals surface area contributed by atoms with Gasteiger partial charge in [0.15, 0.2) is 5.78 Å². The summed E-state index contributed by atoms with van der Waals surface area (Å²) < 4.78 is 0. The highest BCUT2D eigenvalue weighted by Crippen LogP contribution is 2.33. The lowest BCUT2D eigenvalue weighted by molar-refractivity contribution is -0.152. The van der Waals surface area contributed by atoms with Gasteiger partial charge < -0.3 is 10.2 Å². The van der Waals surface area contributed by atoms with Gasteiger partial charge in [0.2, 0.25) is 6.10 Å². The molecule has 0 heterocycles. The number of allylic oxidation sites excluding steroid dienone is 2. The molecule has 1 aliphatic rings. The van der Waals surface area contributed by atoms with Crippen LogP contribution in [0.15, 0.2) is 12.2 Å². The van der Waals surface area contributed by atoms with E-state index in [0.717, 1.165) is 19.3 Å². The summed E-state index contributed by atoms with van der Waals surface area (Å²) in [5.74, 6) is -1.52. The Balaban J connectivity index is 2.30. The van der Waals surface area contributed by atoms with Crippen molar-refractivity contribution in [3.63, 3.8) is 0 Å². The van der Waals surface area contributed by atoms with Gasteiger partial charge in [-0.2, -0.15) is 0 Å². The van der Waals surface area contributed by atoms with Gasteiger partial charge in [-0.15, -0.1) is 0 Å². The monoisotopic (exact) mass is 352 g/mol. The van der Waals surface area contributed by atoms with Crippen molar-refractivity contribution >= 4 is 17.5 Å². The van der Waals surface area contributed by atoms with E-state index >= 15 is 0 Å². The second-order valence-electron chi connectivity index (χ2n) is 7.01. The lowest BCUT2D eigenvalue weighted by atomic mass is 9.89. The van der Waals surface area contributed by atoms with Crippen molar-refractivity contribution in [2.24, 2.45) is 11.8 Å². The number of carbonyl (C=O) groups excluding carboxylic acids is 2. The summed E-state index contributed by atoms with van der Waals surface area (Å²) in [7, 11) is 0. The van der Waals surface area contributed by atoms with Crippen LogP contribution in [0.4, 0.5) is 0 Å². The fraction of sp³-hybridized carbons (Fsp3) is 0.750. The number of aliphatic hydroxyl groups excluding tert-OH is 1. The molecular weight excluding hydrogens is 320 g/mol. The Labute approximate surface area is 150 Å². The molecule has 3 atom stereocenters. The van der Waals surface area contributed by atoms with Crippen LogP contribution >= 0.6 is 0 Å². The lowest BCUT2D eigenvalue weighted by Gasteiger charge is -2.15. The Morgan fingerprint density at radius 3 is 2.64 bits per heavy atom. The van der Waals surface area contributed by atoms with Crippen molar-refractivity contribution < 1.29 is 24.6 Å². The van der Waals surface area contributed by atoms with Gasteiger partial charge >= 0.3 is 5.97 Å². The second-order valence-corrected chi connectivity index (χ2v) is 7.01. The topological polar surface area (TPSA) is 91.7 Å². The van der Waals surface area contributed by atoms with E-state index in [0.29, 0.717) is 31.0 Å². The summed E-state index contributed by atoms with van der Waals surface area (Å²) in [6.07, 6.45) is 12.0. The molecular formula is C20H32O5. The van der Waals surface area contributed by atoms with Crippen LogP contribution in [0.5, 0.6) is 0 Å². The van der Waals surface area contributed by atoms with Crippen LogP contribution in [0, 0.1) is 11.8 Å². The Morgan fingerprint density at radius 1 is 1.20 bits per heavy atom. The summed E-state index contributed by atoms with van der Waals surface area (Å²) in [5.41, 5.74) is 0. The third-order valence-corrected chi connectivity index (χ3v) is 4.99. The number of carboxylic acid groups (broad SMARTS) is 1. The smallest absolute Gasteiger partial charge is 0.340 e. The highest BCUT2D eigenvalue weighted by atomic mass is 16.4. The van der Waals surface area contributed by atoms with Gasteiger partial charge in [-0.3, -0.25) is 9.59 Å². The Morgan fingerprint density at radius 2 is 1.96 bits per heavy atom. The van der Waals surface area contributed by atoms with Gasteiger partial charge in [0.05, 0.1) is 0 Å². The predicted molar refractivity (Wildman–Crippen MR) is 96.2 cm³/mol. The van der Waals surface area contributed by atoms with Gasteiger partial charge in [0, 0.05) is 18.8 Å². The average molecular weight is 352 g/mol. The van der Waals surface area contributed by atoms with Crippen molar-refractivity contribution in [3.8, 4) is 0 Å². The van der Waals surface area contributed by atoms with Gasteiger partial charge in [0.25, 0.3) is 0 Å². The number of ketones is 2. The summed E-state index contributed by atoms with van der Waals surface area (Å²) >= 11 is 0. The largest absolute Gasteiger partial charge is 0.479 e. The lowest BCUT2D eigenvalue weighted by Crippen LogP contribution is -2.29. The van der Waals surface area contributed by atoms with Crippen molar-refractivity contribution in [3.05, 3.63) is 12.2 Å². The average Bonchev–Trinajstić information content (AvgIpc) is 2.93. The van der Waals surface area contributed by atoms with E-state index < -0.39 is 17.9 Å². The van der Waals surface area contributed by atoms with Crippen LogP contribution in [0.1, 0.15) is 77.6 Å². The molecule has 1 fully saturated rings. The zero-order valence-corrected chi connectivity index (χ0v) is 15.3. The number of hydrogen-bond acceptors (Lipinski definition) is 4. The fourth-order valence-corrected chi connectivity index (χ4v) is 3.44. The number of carboxylic acids is 1. The molecule has 0 radical (unpaired) electrons. The molecule has 1 rings (SSSR count). The number of aliphatic hydroxyl groups is 1. The van der Waals surface area contributed by atoms with Gasteiger partial charge in [-0.1, -0.05) is 44.8 Å². The van der Waals surface area contributed by atoms with Crippen molar-refractivity contribution in [2.45, 2.75) is 83.7 Å². The minimum Gasteiger partial charge on any atom is -0.479 e. The zero-order valence-electron chi connectivity index (χ0n) is 15.3. The normalized spacial score (nSPS) is 21.8. The minimum atomic E-state index is -1.92. The van der Waals surface area contributed by atoms with E-state index in [4.69, 9.17) is 10.2 Å². The fourth-order valence-electron chi connectivity index (χ4n) is 3.44. The maximum atomic E-state index is 12.1. The molecule has 0 bridgehead atoms. The number of carbonyl (C=O) groups is 3. The van der Waals surface area contributed by atoms with Crippen molar-refractivity contribution in [2.75, 3.05) is 0 Å². The molecule has 0 aromatic heterocycles. The molecule has 5 nitrogen and oxygen atoms in total. The Kier molecular flexibility index (Phi) is 10.3. The van der Waals surface area contributed by atoms with Gasteiger partial charge in [-0.05, 0) is 38.0 Å². The molecule has 2 N–H and O–H groups in total. The van der Waals surface area contributed by atoms with Gasteiger partial charge in [-0.25, -0.2) is 4.79 Å². The van der Waals surface area contributed by atoms with E-state index in [9.17, 15) is 14.4 Å². The first-order chi connectivity index (χ1) is 12.0. The number of hydrogen-bond donors (Lipinski definition) is 2. The van der Waals surface area contributed by atoms with Crippen molar-refractivity contribution in [1.82, 2.24) is 0 Å². The van der Waals surface area contributed by atoms with Crippen LogP contribution in [-0.2, 0) is 14.4 Å². The molecule has 0 spiro atoms. The summed E-state index contributed by atoms with van der Waals surface area (Å²) in [5, 5.41) is 17.7. The molecule has 5 heteroatoms. The SMILES string of the molecule is CCCCCCC=C[C@H]1CCC(=O)[C@@H]1CCCCC(=O)C(O)C(=O)O. The van der Waals surface area contributed by atoms with E-state index in [2.05, 4.69) is 19.1 Å². The van der Waals surface area contributed by atoms with E-state index in [-0.39, 0.29) is 12.3 Å². The maximum absolute atomic E-state index is 12.1. The molecule has 0 aromatic carbocycles. The van der Waals surface area contributed by atoms with Crippen molar-refractivity contribution in [1.29, 1.82) is 0 Å². The number of aliphatic carboxylic acids is 1. The standard InChI is InChI=1S/C20H32O5/c1-2-3-4-5-6-7-10-15-13-14-17(21)16(15)11-8-9-12-18(22)19(23)20(24)25/h7,10,15-16,19,23H,2-6,8-9,11-14H2,1H3,(H,24,25)/t15-,16+,19?/m0/s1. The molecule has 0 aromatic rings. The van der Waals surface area contributed by atoms with Crippen LogP contribution < -0.4 is 0 Å². The molecule has 1 aliphatic carbocycles. The first-order valence-electron chi connectivity index (χ1n) is 9.60. The molecule has 1 unspecified atom stereocenters. The summed E-state index contributed by atoms with van der Waals surface area (Å²) in [4.78, 5) is 34.0. The minimum absolute atomic E-state index is 0.0337. The number of Topliss-reactive ketones (excluding diaryl/α,β-unsaturated/α-hetero) is 2. The second kappa shape index (κ2) is 12.0. The number of unbranched alkanes of at least 4 members (excludes halogenated alkanes) is 5. The van der Waals surface area contributed by atoms with Crippen LogP contribution in [0.25, 0.3) is 0 Å². The summed E-state index contributed by atoms with van der Waals surface area (Å²) in [6.45, 7) is 2.19.